The van der Waals surface area contributed by atoms with Gasteiger partial charge in [0.15, 0.2) is 0 Å². The number of nitrogens with zero attached hydrogens (tertiary/aromatic N) is 4. The van der Waals surface area contributed by atoms with Crippen molar-refractivity contribution in [1.82, 2.24) is 15.0 Å². The van der Waals surface area contributed by atoms with Gasteiger partial charge in [0.2, 0.25) is 0 Å². The Morgan fingerprint density at radius 2 is 2.16 bits per heavy atom. The second-order valence-electron chi connectivity index (χ2n) is 7.82. The van der Waals surface area contributed by atoms with Crippen molar-refractivity contribution in [1.29, 1.82) is 0 Å². The molecule has 0 saturated heterocycles. The Morgan fingerprint density at radius 1 is 1.34 bits per heavy atom. The standard InChI is InChI=1S/C24H32N6O2/c1-3-32-23(31)14-22(19-15-28-17(2)29-16-19)26-13-11-20(25)7-4-8-21-10-9-18-6-5-12-27-24(18)30-21/h9-11,13,15-16,22H,3-8,12,14,25H2,1-2H3,(H,27,30). The lowest BCUT2D eigenvalue weighted by atomic mass is 10.1. The first kappa shape index (κ1) is 23.4. The smallest absolute Gasteiger partial charge is 0.308 e. The lowest BCUT2D eigenvalue weighted by molar-refractivity contribution is -0.143. The molecule has 170 valence electrons. The van der Waals surface area contributed by atoms with Crippen LogP contribution in [-0.4, -0.2) is 40.3 Å². The van der Waals surface area contributed by atoms with Crippen LogP contribution in [0, 0.1) is 6.92 Å². The Balaban J connectivity index is 1.54. The number of esters is 1. The second kappa shape index (κ2) is 11.9. The van der Waals surface area contributed by atoms with Crippen LogP contribution in [0.3, 0.4) is 0 Å². The number of aromatic nitrogens is 3. The van der Waals surface area contributed by atoms with E-state index in [1.54, 1.807) is 31.6 Å². The van der Waals surface area contributed by atoms with Crippen molar-refractivity contribution >= 4 is 18.0 Å². The van der Waals surface area contributed by atoms with Gasteiger partial charge in [-0.05, 0) is 63.7 Å². The monoisotopic (exact) mass is 436 g/mol. The highest BCUT2D eigenvalue weighted by Gasteiger charge is 2.16. The van der Waals surface area contributed by atoms with Crippen LogP contribution < -0.4 is 11.1 Å². The van der Waals surface area contributed by atoms with E-state index in [4.69, 9.17) is 15.5 Å². The Bertz CT molecular complexity index is 955. The highest BCUT2D eigenvalue weighted by Crippen LogP contribution is 2.21. The molecule has 8 heteroatoms. The minimum Gasteiger partial charge on any atom is -0.466 e. The summed E-state index contributed by atoms with van der Waals surface area (Å²) in [5, 5.41) is 3.37. The van der Waals surface area contributed by atoms with Gasteiger partial charge in [0.25, 0.3) is 0 Å². The molecule has 1 aliphatic heterocycles. The highest BCUT2D eigenvalue weighted by molar-refractivity contribution is 5.74. The quantitative estimate of drug-likeness (QED) is 0.433. The molecular formula is C24H32N6O2. The summed E-state index contributed by atoms with van der Waals surface area (Å²) in [6.07, 6.45) is 11.7. The van der Waals surface area contributed by atoms with Crippen molar-refractivity contribution < 1.29 is 9.53 Å². The third-order valence-electron chi connectivity index (χ3n) is 5.26. The van der Waals surface area contributed by atoms with Crippen LogP contribution in [0.1, 0.15) is 61.3 Å². The molecule has 0 fully saturated rings. The summed E-state index contributed by atoms with van der Waals surface area (Å²) >= 11 is 0. The zero-order chi connectivity index (χ0) is 22.8. The van der Waals surface area contributed by atoms with Gasteiger partial charge in [0.1, 0.15) is 11.6 Å². The number of hydrogen-bond donors (Lipinski definition) is 2. The third kappa shape index (κ3) is 7.14. The number of nitrogens with two attached hydrogens (primary N) is 1. The normalized spacial score (nSPS) is 14.6. The molecule has 1 atom stereocenters. The fourth-order valence-corrected chi connectivity index (χ4v) is 3.52. The number of nitrogens with one attached hydrogen (secondary N) is 1. The van der Waals surface area contributed by atoms with Gasteiger partial charge in [-0.25, -0.2) is 15.0 Å². The Morgan fingerprint density at radius 3 is 2.94 bits per heavy atom. The van der Waals surface area contributed by atoms with Gasteiger partial charge < -0.3 is 15.8 Å². The largest absolute Gasteiger partial charge is 0.466 e. The number of rotatable bonds is 10. The summed E-state index contributed by atoms with van der Waals surface area (Å²) < 4.78 is 5.07. The molecule has 32 heavy (non-hydrogen) atoms. The zero-order valence-electron chi connectivity index (χ0n) is 18.9. The van der Waals surface area contributed by atoms with E-state index >= 15 is 0 Å². The number of allylic oxidation sites excluding steroid dienone is 2. The van der Waals surface area contributed by atoms with Crippen LogP contribution >= 0.6 is 0 Å². The summed E-state index contributed by atoms with van der Waals surface area (Å²) in [4.78, 5) is 29.6. The average Bonchev–Trinajstić information content (AvgIpc) is 2.79. The minimum atomic E-state index is -0.411. The van der Waals surface area contributed by atoms with Crippen LogP contribution in [0.4, 0.5) is 5.82 Å². The van der Waals surface area contributed by atoms with E-state index in [-0.39, 0.29) is 12.4 Å². The van der Waals surface area contributed by atoms with E-state index in [1.807, 2.05) is 6.92 Å². The minimum absolute atomic E-state index is 0.128. The number of carbonyl (C=O) groups excluding carboxylic acids is 1. The molecule has 0 aromatic carbocycles. The summed E-state index contributed by atoms with van der Waals surface area (Å²) in [6.45, 7) is 4.92. The molecule has 0 radical (unpaired) electrons. The fraction of sp³-hybridized carbons (Fsp3) is 0.458. The molecule has 0 saturated carbocycles. The molecule has 3 heterocycles. The van der Waals surface area contributed by atoms with E-state index in [0.29, 0.717) is 12.4 Å². The van der Waals surface area contributed by atoms with Crippen LogP contribution in [0.15, 0.2) is 41.3 Å². The molecule has 8 nitrogen and oxygen atoms in total. The summed E-state index contributed by atoms with van der Waals surface area (Å²) in [6, 6.07) is 3.87. The van der Waals surface area contributed by atoms with E-state index in [2.05, 4.69) is 32.4 Å². The van der Waals surface area contributed by atoms with E-state index in [1.165, 1.54) is 5.56 Å². The van der Waals surface area contributed by atoms with Crippen molar-refractivity contribution in [2.24, 2.45) is 10.7 Å². The van der Waals surface area contributed by atoms with Crippen LogP contribution in [-0.2, 0) is 22.4 Å². The molecular weight excluding hydrogens is 404 g/mol. The molecule has 1 unspecified atom stereocenters. The molecule has 0 bridgehead atoms. The first-order valence-electron chi connectivity index (χ1n) is 11.2. The fourth-order valence-electron chi connectivity index (χ4n) is 3.52. The third-order valence-corrected chi connectivity index (χ3v) is 5.26. The maximum atomic E-state index is 12.0. The maximum Gasteiger partial charge on any atom is 0.308 e. The van der Waals surface area contributed by atoms with Gasteiger partial charge >= 0.3 is 5.97 Å². The van der Waals surface area contributed by atoms with Gasteiger partial charge in [-0.3, -0.25) is 9.79 Å². The van der Waals surface area contributed by atoms with Crippen LogP contribution in [0.2, 0.25) is 0 Å². The molecule has 3 N–H and O–H groups in total. The highest BCUT2D eigenvalue weighted by atomic mass is 16.5. The summed E-state index contributed by atoms with van der Waals surface area (Å²) in [5.74, 6) is 1.39. The number of aliphatic imine (C=N–C) groups is 1. The summed E-state index contributed by atoms with van der Waals surface area (Å²) in [7, 11) is 0. The number of carbonyl (C=O) groups is 1. The molecule has 0 amide bonds. The van der Waals surface area contributed by atoms with Crippen LogP contribution in [0.5, 0.6) is 0 Å². The van der Waals surface area contributed by atoms with Crippen LogP contribution in [0.25, 0.3) is 0 Å². The van der Waals surface area contributed by atoms with Crippen molar-refractivity contribution in [2.45, 2.75) is 58.4 Å². The summed E-state index contributed by atoms with van der Waals surface area (Å²) in [5.41, 5.74) is 10.0. The van der Waals surface area contributed by atoms with Gasteiger partial charge in [-0.2, -0.15) is 0 Å². The lowest BCUT2D eigenvalue weighted by Crippen LogP contribution is -2.14. The number of fused-ring (bicyclic) bond motifs is 1. The van der Waals surface area contributed by atoms with Gasteiger partial charge in [-0.15, -0.1) is 0 Å². The van der Waals surface area contributed by atoms with E-state index < -0.39 is 6.04 Å². The number of hydrogen-bond acceptors (Lipinski definition) is 8. The Kier molecular flexibility index (Phi) is 8.71. The second-order valence-corrected chi connectivity index (χ2v) is 7.82. The number of anilines is 1. The molecule has 0 aliphatic carbocycles. The first-order valence-corrected chi connectivity index (χ1v) is 11.2. The molecule has 2 aromatic rings. The SMILES string of the molecule is CCOC(=O)CC(N=CC=C(N)CCCc1ccc2c(n1)NCCC2)c1cnc(C)nc1. The molecule has 1 aliphatic rings. The van der Waals surface area contributed by atoms with Gasteiger partial charge in [-0.1, -0.05) is 6.07 Å². The number of pyridine rings is 1. The van der Waals surface area contributed by atoms with Crippen molar-refractivity contribution in [2.75, 3.05) is 18.5 Å². The topological polar surface area (TPSA) is 115 Å². The van der Waals surface area contributed by atoms with E-state index in [0.717, 1.165) is 61.4 Å². The first-order chi connectivity index (χ1) is 15.5. The van der Waals surface area contributed by atoms with E-state index in [9.17, 15) is 4.79 Å². The Labute approximate surface area is 189 Å². The van der Waals surface area contributed by atoms with Crippen molar-refractivity contribution in [3.05, 3.63) is 58.9 Å². The van der Waals surface area contributed by atoms with Crippen molar-refractivity contribution in [3.63, 3.8) is 0 Å². The maximum absolute atomic E-state index is 12.0. The molecule has 0 spiro atoms. The van der Waals surface area contributed by atoms with Gasteiger partial charge in [0.05, 0.1) is 19.1 Å². The predicted octanol–water partition coefficient (Wildman–Crippen LogP) is 3.47. The predicted molar refractivity (Wildman–Crippen MR) is 126 cm³/mol. The molecule has 2 aromatic heterocycles. The average molecular weight is 437 g/mol. The lowest BCUT2D eigenvalue weighted by Gasteiger charge is -2.17. The number of ether oxygens (including phenoxy) is 1. The Hall–Kier alpha value is -3.29. The van der Waals surface area contributed by atoms with Gasteiger partial charge in [0, 0.05) is 42.1 Å². The zero-order valence-corrected chi connectivity index (χ0v) is 18.9. The van der Waals surface area contributed by atoms with Crippen molar-refractivity contribution in [3.8, 4) is 0 Å². The molecule has 3 rings (SSSR count). The number of aryl methyl sites for hydroxylation is 3.